The Kier molecular flexibility index (Phi) is 5.61. The topological polar surface area (TPSA) is 88.8 Å². The van der Waals surface area contributed by atoms with Gasteiger partial charge in [-0.25, -0.2) is 4.98 Å². The van der Waals surface area contributed by atoms with Crippen molar-refractivity contribution in [2.24, 2.45) is 5.92 Å². The number of piperidine rings is 1. The fourth-order valence-corrected chi connectivity index (χ4v) is 4.04. The van der Waals surface area contributed by atoms with E-state index in [0.29, 0.717) is 18.9 Å². The molecule has 1 N–H and O–H groups in total. The summed E-state index contributed by atoms with van der Waals surface area (Å²) in [6, 6.07) is 9.91. The van der Waals surface area contributed by atoms with E-state index >= 15 is 0 Å². The third-order valence-corrected chi connectivity index (χ3v) is 5.77. The van der Waals surface area contributed by atoms with Crippen molar-refractivity contribution in [1.82, 2.24) is 30.5 Å². The van der Waals surface area contributed by atoms with Gasteiger partial charge in [0, 0.05) is 25.0 Å². The first kappa shape index (κ1) is 18.5. The van der Waals surface area contributed by atoms with E-state index in [1.54, 1.807) is 16.0 Å². The van der Waals surface area contributed by atoms with Crippen LogP contribution in [-0.4, -0.2) is 50.7 Å². The van der Waals surface area contributed by atoms with E-state index in [-0.39, 0.29) is 5.91 Å². The minimum Gasteiger partial charge on any atom is -0.355 e. The zero-order valence-electron chi connectivity index (χ0n) is 15.8. The van der Waals surface area contributed by atoms with Gasteiger partial charge in [0.05, 0.1) is 22.8 Å². The normalized spacial score (nSPS) is 15.0. The molecule has 1 aliphatic rings. The van der Waals surface area contributed by atoms with Gasteiger partial charge in [0.25, 0.3) is 0 Å². The first-order valence-corrected chi connectivity index (χ1v) is 10.3. The van der Waals surface area contributed by atoms with Gasteiger partial charge < -0.3 is 10.2 Å². The number of nitrogens with zero attached hydrogens (tertiary/aromatic N) is 6. The van der Waals surface area contributed by atoms with Crippen LogP contribution in [0.3, 0.4) is 0 Å². The molecule has 4 rings (SSSR count). The maximum Gasteiger partial charge on any atom is 0.250 e. The van der Waals surface area contributed by atoms with Gasteiger partial charge in [-0.1, -0.05) is 23.3 Å². The number of rotatable bonds is 6. The van der Waals surface area contributed by atoms with Gasteiger partial charge in [0.15, 0.2) is 0 Å². The maximum absolute atomic E-state index is 12.1. The summed E-state index contributed by atoms with van der Waals surface area (Å²) in [6.07, 6.45) is 2.35. The predicted molar refractivity (Wildman–Crippen MR) is 108 cm³/mol. The van der Waals surface area contributed by atoms with Crippen LogP contribution in [0.4, 0.5) is 5.95 Å². The van der Waals surface area contributed by atoms with Crippen LogP contribution in [-0.2, 0) is 11.2 Å². The van der Waals surface area contributed by atoms with E-state index in [4.69, 9.17) is 0 Å². The molecule has 0 spiro atoms. The summed E-state index contributed by atoms with van der Waals surface area (Å²) in [4.78, 5) is 18.7. The number of amides is 1. The third kappa shape index (κ3) is 4.36. The van der Waals surface area contributed by atoms with Gasteiger partial charge in [-0.2, -0.15) is 4.68 Å². The van der Waals surface area contributed by atoms with E-state index in [2.05, 4.69) is 30.7 Å². The van der Waals surface area contributed by atoms with Crippen LogP contribution in [0.2, 0.25) is 0 Å². The number of hydrogen-bond donors (Lipinski definition) is 1. The first-order valence-electron chi connectivity index (χ1n) is 9.45. The summed E-state index contributed by atoms with van der Waals surface area (Å²) in [6.45, 7) is 4.41. The number of tetrazole rings is 1. The van der Waals surface area contributed by atoms with E-state index in [9.17, 15) is 4.79 Å². The van der Waals surface area contributed by atoms with E-state index in [1.807, 2.05) is 42.6 Å². The van der Waals surface area contributed by atoms with Crippen molar-refractivity contribution in [3.63, 3.8) is 0 Å². The van der Waals surface area contributed by atoms with Crippen LogP contribution in [0.15, 0.2) is 35.7 Å². The number of aromatic nitrogens is 5. The summed E-state index contributed by atoms with van der Waals surface area (Å²) >= 11 is 1.58. The van der Waals surface area contributed by atoms with Crippen molar-refractivity contribution >= 4 is 23.2 Å². The molecule has 0 atom stereocenters. The average Bonchev–Trinajstić information content (AvgIpc) is 3.37. The quantitative estimate of drug-likeness (QED) is 0.684. The number of hydrogen-bond acceptors (Lipinski definition) is 7. The van der Waals surface area contributed by atoms with Gasteiger partial charge in [-0.05, 0) is 48.2 Å². The second-order valence-electron chi connectivity index (χ2n) is 7.00. The maximum atomic E-state index is 12.1. The number of para-hydroxylation sites is 1. The number of benzene rings is 1. The zero-order chi connectivity index (χ0) is 19.3. The molecule has 2 aromatic heterocycles. The van der Waals surface area contributed by atoms with Gasteiger partial charge in [0.1, 0.15) is 0 Å². The molecule has 1 aromatic carbocycles. The number of carbonyl (C=O) groups excluding carboxylic acids is 1. The number of aryl methyl sites for hydroxylation is 1. The van der Waals surface area contributed by atoms with Crippen molar-refractivity contribution in [3.8, 4) is 5.69 Å². The lowest BCUT2D eigenvalue weighted by Gasteiger charge is -2.32. The molecule has 28 heavy (non-hydrogen) atoms. The summed E-state index contributed by atoms with van der Waals surface area (Å²) in [5.74, 6) is 1.28. The summed E-state index contributed by atoms with van der Waals surface area (Å²) in [5, 5.41) is 18.2. The average molecular weight is 398 g/mol. The largest absolute Gasteiger partial charge is 0.355 e. The van der Waals surface area contributed by atoms with Crippen molar-refractivity contribution in [2.45, 2.75) is 26.2 Å². The highest BCUT2D eigenvalue weighted by Gasteiger charge is 2.24. The minimum atomic E-state index is 0.0424. The Morgan fingerprint density at radius 3 is 2.75 bits per heavy atom. The van der Waals surface area contributed by atoms with Gasteiger partial charge >= 0.3 is 0 Å². The number of anilines is 1. The third-order valence-electron chi connectivity index (χ3n) is 4.95. The highest BCUT2D eigenvalue weighted by atomic mass is 32.1. The Hall–Kier alpha value is -2.81. The molecular formula is C19H23N7OS. The van der Waals surface area contributed by atoms with Crippen molar-refractivity contribution in [1.29, 1.82) is 0 Å². The number of carbonyl (C=O) groups is 1. The molecule has 1 amide bonds. The number of nitrogens with one attached hydrogen (secondary N) is 1. The molecular weight excluding hydrogens is 374 g/mol. The van der Waals surface area contributed by atoms with Crippen LogP contribution in [0.5, 0.6) is 0 Å². The molecule has 1 fully saturated rings. The van der Waals surface area contributed by atoms with Gasteiger partial charge in [-0.3, -0.25) is 4.79 Å². The second-order valence-corrected chi connectivity index (χ2v) is 8.06. The Balaban J connectivity index is 1.27. The van der Waals surface area contributed by atoms with Crippen LogP contribution in [0, 0.1) is 12.8 Å². The van der Waals surface area contributed by atoms with Crippen LogP contribution in [0.1, 0.15) is 23.5 Å². The Bertz CT molecular complexity index is 915. The standard InChI is InChI=1S/C19H23N7OS/c1-14-21-16(13-28-14)11-18(27)20-12-15-7-9-25(10-8-15)19-22-23-24-26(19)17-5-3-2-4-6-17/h2-6,13,15H,7-12H2,1H3,(H,20,27). The molecule has 9 heteroatoms. The smallest absolute Gasteiger partial charge is 0.250 e. The fourth-order valence-electron chi connectivity index (χ4n) is 3.43. The van der Waals surface area contributed by atoms with E-state index < -0.39 is 0 Å². The lowest BCUT2D eigenvalue weighted by molar-refractivity contribution is -0.120. The van der Waals surface area contributed by atoms with E-state index in [0.717, 1.165) is 48.3 Å². The zero-order valence-corrected chi connectivity index (χ0v) is 16.6. The van der Waals surface area contributed by atoms with Crippen molar-refractivity contribution in [2.75, 3.05) is 24.5 Å². The van der Waals surface area contributed by atoms with Crippen LogP contribution in [0.25, 0.3) is 5.69 Å². The first-order chi connectivity index (χ1) is 13.7. The van der Waals surface area contributed by atoms with Crippen molar-refractivity contribution < 1.29 is 4.79 Å². The van der Waals surface area contributed by atoms with E-state index in [1.165, 1.54) is 0 Å². The Morgan fingerprint density at radius 1 is 1.25 bits per heavy atom. The molecule has 146 valence electrons. The monoisotopic (exact) mass is 397 g/mol. The molecule has 0 bridgehead atoms. The highest BCUT2D eigenvalue weighted by Crippen LogP contribution is 2.22. The lowest BCUT2D eigenvalue weighted by Crippen LogP contribution is -2.40. The molecule has 1 saturated heterocycles. The summed E-state index contributed by atoms with van der Waals surface area (Å²) in [7, 11) is 0. The fraction of sp³-hybridized carbons (Fsp3) is 0.421. The van der Waals surface area contributed by atoms with Crippen LogP contribution >= 0.6 is 11.3 Å². The lowest BCUT2D eigenvalue weighted by atomic mass is 9.97. The highest BCUT2D eigenvalue weighted by molar-refractivity contribution is 7.09. The summed E-state index contributed by atoms with van der Waals surface area (Å²) in [5.41, 5.74) is 1.80. The van der Waals surface area contributed by atoms with Crippen molar-refractivity contribution in [3.05, 3.63) is 46.4 Å². The molecule has 1 aliphatic heterocycles. The summed E-state index contributed by atoms with van der Waals surface area (Å²) < 4.78 is 1.78. The molecule has 0 radical (unpaired) electrons. The molecule has 3 heterocycles. The van der Waals surface area contributed by atoms with Gasteiger partial charge in [0.2, 0.25) is 11.9 Å². The SMILES string of the molecule is Cc1nc(CC(=O)NCC2CCN(c3nnnn3-c3ccccc3)CC2)cs1. The Morgan fingerprint density at radius 2 is 2.04 bits per heavy atom. The Labute approximate surface area is 167 Å². The number of thiazole rings is 1. The molecule has 8 nitrogen and oxygen atoms in total. The second kappa shape index (κ2) is 8.47. The predicted octanol–water partition coefficient (Wildman–Crippen LogP) is 2.00. The molecule has 0 saturated carbocycles. The molecule has 0 aliphatic carbocycles. The van der Waals surface area contributed by atoms with Gasteiger partial charge in [-0.15, -0.1) is 11.3 Å². The molecule has 3 aromatic rings. The molecule has 0 unspecified atom stereocenters. The van der Waals surface area contributed by atoms with Crippen LogP contribution < -0.4 is 10.2 Å². The minimum absolute atomic E-state index is 0.0424.